The lowest BCUT2D eigenvalue weighted by Crippen LogP contribution is -2.55. The van der Waals surface area contributed by atoms with Crippen LogP contribution in [0.2, 0.25) is 0 Å². The highest BCUT2D eigenvalue weighted by Gasteiger charge is 2.40. The fourth-order valence-electron chi connectivity index (χ4n) is 3.67. The number of nitrogens with one attached hydrogen (secondary N) is 1. The van der Waals surface area contributed by atoms with Gasteiger partial charge < -0.3 is 19.7 Å². The Kier molecular flexibility index (Phi) is 4.87. The molecule has 1 aliphatic carbocycles. The zero-order valence-corrected chi connectivity index (χ0v) is 14.0. The Morgan fingerprint density at radius 3 is 2.96 bits per heavy atom. The topological polar surface area (TPSA) is 68.6 Å². The van der Waals surface area contributed by atoms with Gasteiger partial charge in [-0.1, -0.05) is 12.8 Å². The highest BCUT2D eigenvalue weighted by Crippen LogP contribution is 2.35. The number of rotatable bonds is 4. The highest BCUT2D eigenvalue weighted by atomic mass is 16.5. The SMILES string of the molecule is COC[C@H](NC(=O)N1CCOC2(CCCC2)C1)c1ccnn1C. The van der Waals surface area contributed by atoms with Gasteiger partial charge in [-0.3, -0.25) is 4.68 Å². The molecule has 1 saturated carbocycles. The summed E-state index contributed by atoms with van der Waals surface area (Å²) in [6, 6.07) is 1.65. The molecule has 1 aromatic rings. The monoisotopic (exact) mass is 322 g/mol. The summed E-state index contributed by atoms with van der Waals surface area (Å²) in [5.41, 5.74) is 0.822. The molecular weight excluding hydrogens is 296 g/mol. The number of urea groups is 1. The van der Waals surface area contributed by atoms with Gasteiger partial charge in [0.05, 0.1) is 37.1 Å². The largest absolute Gasteiger partial charge is 0.382 e. The van der Waals surface area contributed by atoms with Gasteiger partial charge in [-0.15, -0.1) is 0 Å². The van der Waals surface area contributed by atoms with E-state index in [0.29, 0.717) is 26.3 Å². The number of morpholine rings is 1. The number of aromatic nitrogens is 2. The Hall–Kier alpha value is -1.60. The molecule has 2 heterocycles. The molecule has 1 aromatic heterocycles. The number of nitrogens with zero attached hydrogens (tertiary/aromatic N) is 3. The van der Waals surface area contributed by atoms with E-state index in [9.17, 15) is 4.79 Å². The van der Waals surface area contributed by atoms with Crippen LogP contribution in [-0.4, -0.2) is 59.7 Å². The predicted molar refractivity (Wildman–Crippen MR) is 85.1 cm³/mol. The van der Waals surface area contributed by atoms with Crippen LogP contribution in [0, 0.1) is 0 Å². The van der Waals surface area contributed by atoms with Crippen molar-refractivity contribution in [3.63, 3.8) is 0 Å². The molecule has 7 nitrogen and oxygen atoms in total. The molecule has 1 saturated heterocycles. The van der Waals surface area contributed by atoms with E-state index >= 15 is 0 Å². The first-order chi connectivity index (χ1) is 11.1. The molecule has 1 atom stereocenters. The van der Waals surface area contributed by atoms with Crippen LogP contribution in [0.15, 0.2) is 12.3 Å². The summed E-state index contributed by atoms with van der Waals surface area (Å²) in [5, 5.41) is 7.26. The normalized spacial score (nSPS) is 21.6. The Morgan fingerprint density at radius 2 is 2.30 bits per heavy atom. The van der Waals surface area contributed by atoms with Crippen molar-refractivity contribution in [3.8, 4) is 0 Å². The summed E-state index contributed by atoms with van der Waals surface area (Å²) in [5.74, 6) is 0. The average molecular weight is 322 g/mol. The van der Waals surface area contributed by atoms with Crippen molar-refractivity contribution >= 4 is 6.03 Å². The molecule has 3 rings (SSSR count). The number of aryl methyl sites for hydroxylation is 1. The van der Waals surface area contributed by atoms with Crippen molar-refractivity contribution in [1.29, 1.82) is 0 Å². The molecule has 128 valence electrons. The summed E-state index contributed by atoms with van der Waals surface area (Å²) in [7, 11) is 3.50. The maximum Gasteiger partial charge on any atom is 0.318 e. The van der Waals surface area contributed by atoms with Crippen LogP contribution >= 0.6 is 0 Å². The number of amides is 2. The molecule has 0 unspecified atom stereocenters. The van der Waals surface area contributed by atoms with E-state index in [4.69, 9.17) is 9.47 Å². The van der Waals surface area contributed by atoms with Gasteiger partial charge in [0, 0.05) is 26.9 Å². The van der Waals surface area contributed by atoms with Crippen molar-refractivity contribution < 1.29 is 14.3 Å². The predicted octanol–water partition coefficient (Wildman–Crippen LogP) is 1.46. The number of methoxy groups -OCH3 is 1. The van der Waals surface area contributed by atoms with Gasteiger partial charge in [0.25, 0.3) is 0 Å². The molecule has 0 radical (unpaired) electrons. The van der Waals surface area contributed by atoms with Gasteiger partial charge >= 0.3 is 6.03 Å². The fraction of sp³-hybridized carbons (Fsp3) is 0.750. The van der Waals surface area contributed by atoms with E-state index in [1.807, 2.05) is 18.0 Å². The van der Waals surface area contributed by atoms with Gasteiger partial charge in [0.15, 0.2) is 0 Å². The van der Waals surface area contributed by atoms with Crippen molar-refractivity contribution in [2.75, 3.05) is 33.4 Å². The maximum atomic E-state index is 12.7. The molecule has 0 aromatic carbocycles. The van der Waals surface area contributed by atoms with Crippen LogP contribution in [0.3, 0.4) is 0 Å². The third-order valence-corrected chi connectivity index (χ3v) is 4.90. The van der Waals surface area contributed by atoms with Crippen LogP contribution in [0.5, 0.6) is 0 Å². The quantitative estimate of drug-likeness (QED) is 0.911. The van der Waals surface area contributed by atoms with Crippen LogP contribution in [-0.2, 0) is 16.5 Å². The van der Waals surface area contributed by atoms with E-state index in [1.165, 1.54) is 12.8 Å². The molecule has 1 N–H and O–H groups in total. The number of hydrogen-bond acceptors (Lipinski definition) is 4. The van der Waals surface area contributed by atoms with E-state index in [-0.39, 0.29) is 17.7 Å². The zero-order valence-electron chi connectivity index (χ0n) is 14.0. The second-order valence-electron chi connectivity index (χ2n) is 6.50. The summed E-state index contributed by atoms with van der Waals surface area (Å²) >= 11 is 0. The van der Waals surface area contributed by atoms with E-state index in [2.05, 4.69) is 10.4 Å². The van der Waals surface area contributed by atoms with Crippen molar-refractivity contribution in [1.82, 2.24) is 20.0 Å². The summed E-state index contributed by atoms with van der Waals surface area (Å²) in [6.45, 7) is 2.36. The van der Waals surface area contributed by atoms with Crippen LogP contribution in [0.4, 0.5) is 4.79 Å². The minimum atomic E-state index is -0.206. The van der Waals surface area contributed by atoms with E-state index < -0.39 is 0 Å². The molecule has 23 heavy (non-hydrogen) atoms. The summed E-state index contributed by atoms with van der Waals surface area (Å²) in [6.07, 6.45) is 6.22. The zero-order chi connectivity index (χ0) is 16.3. The number of ether oxygens (including phenoxy) is 2. The van der Waals surface area contributed by atoms with Crippen LogP contribution in [0.25, 0.3) is 0 Å². The second-order valence-corrected chi connectivity index (χ2v) is 6.50. The molecule has 7 heteroatoms. The summed E-state index contributed by atoms with van der Waals surface area (Å²) < 4.78 is 13.0. The van der Waals surface area contributed by atoms with Crippen LogP contribution < -0.4 is 5.32 Å². The maximum absolute atomic E-state index is 12.7. The van der Waals surface area contributed by atoms with Gasteiger partial charge in [-0.2, -0.15) is 5.10 Å². The Labute approximate surface area is 136 Å². The minimum absolute atomic E-state index is 0.0529. The molecular formula is C16H26N4O3. The van der Waals surface area contributed by atoms with Gasteiger partial charge in [-0.05, 0) is 18.9 Å². The van der Waals surface area contributed by atoms with Crippen molar-refractivity contribution in [2.45, 2.75) is 37.3 Å². The van der Waals surface area contributed by atoms with Crippen molar-refractivity contribution in [3.05, 3.63) is 18.0 Å². The number of carbonyl (C=O) groups excluding carboxylic acids is 1. The highest BCUT2D eigenvalue weighted by molar-refractivity contribution is 5.75. The molecule has 1 spiro atoms. The lowest BCUT2D eigenvalue weighted by Gasteiger charge is -2.40. The first-order valence-electron chi connectivity index (χ1n) is 8.30. The van der Waals surface area contributed by atoms with Gasteiger partial charge in [0.1, 0.15) is 0 Å². The molecule has 0 bridgehead atoms. The molecule has 1 aliphatic heterocycles. The van der Waals surface area contributed by atoms with E-state index in [1.54, 1.807) is 18.0 Å². The minimum Gasteiger partial charge on any atom is -0.382 e. The third kappa shape index (κ3) is 3.50. The number of carbonyl (C=O) groups is 1. The van der Waals surface area contributed by atoms with Crippen LogP contribution in [0.1, 0.15) is 37.4 Å². The Bertz CT molecular complexity index is 539. The Balaban J connectivity index is 1.65. The Morgan fingerprint density at radius 1 is 1.52 bits per heavy atom. The van der Waals surface area contributed by atoms with Gasteiger partial charge in [-0.25, -0.2) is 4.79 Å². The molecule has 2 fully saturated rings. The molecule has 2 aliphatic rings. The summed E-state index contributed by atoms with van der Waals surface area (Å²) in [4.78, 5) is 14.6. The van der Waals surface area contributed by atoms with E-state index in [0.717, 1.165) is 18.5 Å². The number of hydrogen-bond donors (Lipinski definition) is 1. The lowest BCUT2D eigenvalue weighted by molar-refractivity contribution is -0.0928. The molecule has 2 amide bonds. The first kappa shape index (κ1) is 16.3. The first-order valence-corrected chi connectivity index (χ1v) is 8.30. The standard InChI is InChI=1S/C16H26N4O3/c1-19-14(5-8-17-19)13(11-22-2)18-15(21)20-9-10-23-16(12-20)6-3-4-7-16/h5,8,13H,3-4,6-7,9-12H2,1-2H3,(H,18,21)/t13-/m0/s1. The third-order valence-electron chi connectivity index (χ3n) is 4.90. The second kappa shape index (κ2) is 6.88. The lowest BCUT2D eigenvalue weighted by atomic mass is 10.00. The average Bonchev–Trinajstić information content (AvgIpc) is 3.16. The smallest absolute Gasteiger partial charge is 0.318 e. The fourth-order valence-corrected chi connectivity index (χ4v) is 3.67. The van der Waals surface area contributed by atoms with Gasteiger partial charge in [0.2, 0.25) is 0 Å². The van der Waals surface area contributed by atoms with Crippen molar-refractivity contribution in [2.24, 2.45) is 7.05 Å².